The van der Waals surface area contributed by atoms with Gasteiger partial charge in [0, 0.05) is 28.1 Å². The van der Waals surface area contributed by atoms with Gasteiger partial charge in [-0.3, -0.25) is 4.98 Å². The van der Waals surface area contributed by atoms with Crippen molar-refractivity contribution in [2.24, 2.45) is 0 Å². The van der Waals surface area contributed by atoms with Crippen molar-refractivity contribution in [2.45, 2.75) is 24.3 Å². The van der Waals surface area contributed by atoms with E-state index in [1.807, 2.05) is 12.3 Å². The summed E-state index contributed by atoms with van der Waals surface area (Å²) < 4.78 is 0. The van der Waals surface area contributed by atoms with Gasteiger partial charge in [-0.15, -0.1) is 23.1 Å². The molecular weight excluding hydrogens is 250 g/mol. The van der Waals surface area contributed by atoms with Crippen LogP contribution in [0.5, 0.6) is 0 Å². The number of thiazole rings is 1. The third-order valence-electron chi connectivity index (χ3n) is 2.35. The molecule has 0 radical (unpaired) electrons. The van der Waals surface area contributed by atoms with E-state index in [0.29, 0.717) is 6.42 Å². The standard InChI is InChI=1S/C13H15NOS2/c1-10-3-2-4-12(5-10)16-8-11(15)6-13-7-14-9-17-13/h2-5,7,9,11,15H,6,8H2,1H3. The summed E-state index contributed by atoms with van der Waals surface area (Å²) in [5.41, 5.74) is 3.06. The Bertz CT molecular complexity index is 456. The molecule has 1 unspecified atom stereocenters. The summed E-state index contributed by atoms with van der Waals surface area (Å²) in [6, 6.07) is 8.35. The van der Waals surface area contributed by atoms with Gasteiger partial charge < -0.3 is 5.11 Å². The highest BCUT2D eigenvalue weighted by molar-refractivity contribution is 7.99. The van der Waals surface area contributed by atoms with Crippen LogP contribution in [-0.2, 0) is 6.42 Å². The average Bonchev–Trinajstić information content (AvgIpc) is 2.79. The lowest BCUT2D eigenvalue weighted by Gasteiger charge is -2.08. The minimum Gasteiger partial charge on any atom is -0.392 e. The second-order valence-electron chi connectivity index (χ2n) is 3.95. The third-order valence-corrected chi connectivity index (χ3v) is 4.29. The molecule has 0 aliphatic carbocycles. The first kappa shape index (κ1) is 12.6. The van der Waals surface area contributed by atoms with Crippen LogP contribution in [0.2, 0.25) is 0 Å². The maximum atomic E-state index is 9.91. The summed E-state index contributed by atoms with van der Waals surface area (Å²) in [7, 11) is 0. The zero-order valence-electron chi connectivity index (χ0n) is 9.67. The van der Waals surface area contributed by atoms with Crippen molar-refractivity contribution >= 4 is 23.1 Å². The van der Waals surface area contributed by atoms with Gasteiger partial charge >= 0.3 is 0 Å². The van der Waals surface area contributed by atoms with Gasteiger partial charge in [0.05, 0.1) is 11.6 Å². The number of aryl methyl sites for hydroxylation is 1. The monoisotopic (exact) mass is 265 g/mol. The van der Waals surface area contributed by atoms with Gasteiger partial charge in [0.15, 0.2) is 0 Å². The summed E-state index contributed by atoms with van der Waals surface area (Å²) in [5, 5.41) is 9.91. The summed E-state index contributed by atoms with van der Waals surface area (Å²) in [4.78, 5) is 6.36. The second-order valence-corrected chi connectivity index (χ2v) is 6.02. The lowest BCUT2D eigenvalue weighted by atomic mass is 10.2. The lowest BCUT2D eigenvalue weighted by Crippen LogP contribution is -2.12. The van der Waals surface area contributed by atoms with Crippen LogP contribution in [0.3, 0.4) is 0 Å². The number of aromatic nitrogens is 1. The Morgan fingerprint density at radius 3 is 3.06 bits per heavy atom. The molecule has 4 heteroatoms. The van der Waals surface area contributed by atoms with Crippen molar-refractivity contribution in [1.29, 1.82) is 0 Å². The average molecular weight is 265 g/mol. The Hall–Kier alpha value is -0.840. The van der Waals surface area contributed by atoms with E-state index in [9.17, 15) is 5.11 Å². The number of aliphatic hydroxyl groups is 1. The summed E-state index contributed by atoms with van der Waals surface area (Å²) in [6.45, 7) is 2.08. The molecule has 2 nitrogen and oxygen atoms in total. The van der Waals surface area contributed by atoms with E-state index < -0.39 is 0 Å². The zero-order chi connectivity index (χ0) is 12.1. The van der Waals surface area contributed by atoms with Crippen LogP contribution in [-0.4, -0.2) is 21.9 Å². The number of aliphatic hydroxyl groups excluding tert-OH is 1. The van der Waals surface area contributed by atoms with E-state index in [1.165, 1.54) is 10.5 Å². The van der Waals surface area contributed by atoms with Crippen LogP contribution in [0.25, 0.3) is 0 Å². The Morgan fingerprint density at radius 1 is 1.47 bits per heavy atom. The molecule has 0 saturated heterocycles. The van der Waals surface area contributed by atoms with Crippen LogP contribution in [0, 0.1) is 6.92 Å². The molecule has 1 aromatic carbocycles. The van der Waals surface area contributed by atoms with Gasteiger partial charge in [0.1, 0.15) is 0 Å². The smallest absolute Gasteiger partial charge is 0.0794 e. The minimum absolute atomic E-state index is 0.305. The molecule has 0 spiro atoms. The molecule has 90 valence electrons. The van der Waals surface area contributed by atoms with E-state index in [1.54, 1.807) is 28.6 Å². The Balaban J connectivity index is 1.82. The predicted molar refractivity (Wildman–Crippen MR) is 73.7 cm³/mol. The van der Waals surface area contributed by atoms with Gasteiger partial charge in [-0.25, -0.2) is 0 Å². The zero-order valence-corrected chi connectivity index (χ0v) is 11.3. The summed E-state index contributed by atoms with van der Waals surface area (Å²) in [6.07, 6.45) is 2.22. The fourth-order valence-corrected chi connectivity index (χ4v) is 3.15. The normalized spacial score (nSPS) is 12.6. The molecule has 2 rings (SSSR count). The molecule has 1 N–H and O–H groups in total. The number of thioether (sulfide) groups is 1. The third kappa shape index (κ3) is 4.15. The number of hydrogen-bond acceptors (Lipinski definition) is 4. The van der Waals surface area contributed by atoms with Crippen molar-refractivity contribution < 1.29 is 5.11 Å². The largest absolute Gasteiger partial charge is 0.392 e. The van der Waals surface area contributed by atoms with Crippen LogP contribution < -0.4 is 0 Å². The first-order chi connectivity index (χ1) is 8.24. The second kappa shape index (κ2) is 6.19. The molecule has 0 aliphatic rings. The molecule has 0 bridgehead atoms. The van der Waals surface area contributed by atoms with E-state index in [2.05, 4.69) is 30.1 Å². The molecule has 0 aliphatic heterocycles. The van der Waals surface area contributed by atoms with E-state index in [-0.39, 0.29) is 6.10 Å². The van der Waals surface area contributed by atoms with Crippen molar-refractivity contribution in [2.75, 3.05) is 5.75 Å². The van der Waals surface area contributed by atoms with Crippen LogP contribution in [0.15, 0.2) is 40.9 Å². The van der Waals surface area contributed by atoms with Crippen molar-refractivity contribution in [3.05, 3.63) is 46.4 Å². The molecule has 1 atom stereocenters. The first-order valence-electron chi connectivity index (χ1n) is 5.49. The quantitative estimate of drug-likeness (QED) is 0.843. The van der Waals surface area contributed by atoms with Crippen LogP contribution in [0.4, 0.5) is 0 Å². The number of hydrogen-bond donors (Lipinski definition) is 1. The molecule has 1 heterocycles. The number of benzene rings is 1. The van der Waals surface area contributed by atoms with E-state index in [4.69, 9.17) is 0 Å². The number of rotatable bonds is 5. The molecular formula is C13H15NOS2. The highest BCUT2D eigenvalue weighted by Gasteiger charge is 2.07. The van der Waals surface area contributed by atoms with Crippen molar-refractivity contribution in [3.63, 3.8) is 0 Å². The summed E-state index contributed by atoms with van der Waals surface area (Å²) >= 11 is 3.29. The van der Waals surface area contributed by atoms with Gasteiger partial charge in [-0.05, 0) is 19.1 Å². The molecule has 1 aromatic heterocycles. The topological polar surface area (TPSA) is 33.1 Å². The molecule has 2 aromatic rings. The van der Waals surface area contributed by atoms with E-state index >= 15 is 0 Å². The molecule has 0 saturated carbocycles. The minimum atomic E-state index is -0.305. The SMILES string of the molecule is Cc1cccc(SCC(O)Cc2cncs2)c1. The highest BCUT2D eigenvalue weighted by atomic mass is 32.2. The van der Waals surface area contributed by atoms with E-state index in [0.717, 1.165) is 10.6 Å². The van der Waals surface area contributed by atoms with Gasteiger partial charge in [0.25, 0.3) is 0 Å². The molecule has 0 fully saturated rings. The van der Waals surface area contributed by atoms with Crippen LogP contribution in [0.1, 0.15) is 10.4 Å². The van der Waals surface area contributed by atoms with Crippen molar-refractivity contribution in [3.8, 4) is 0 Å². The molecule has 17 heavy (non-hydrogen) atoms. The molecule has 0 amide bonds. The Kier molecular flexibility index (Phi) is 4.59. The van der Waals surface area contributed by atoms with Crippen molar-refractivity contribution in [1.82, 2.24) is 4.98 Å². The maximum Gasteiger partial charge on any atom is 0.0794 e. The Morgan fingerprint density at radius 2 is 2.35 bits per heavy atom. The van der Waals surface area contributed by atoms with Gasteiger partial charge in [0.2, 0.25) is 0 Å². The van der Waals surface area contributed by atoms with Gasteiger partial charge in [-0.2, -0.15) is 0 Å². The highest BCUT2D eigenvalue weighted by Crippen LogP contribution is 2.21. The fraction of sp³-hybridized carbons (Fsp3) is 0.308. The predicted octanol–water partition coefficient (Wildman–Crippen LogP) is 3.15. The fourth-order valence-electron chi connectivity index (χ4n) is 1.53. The lowest BCUT2D eigenvalue weighted by molar-refractivity contribution is 0.201. The first-order valence-corrected chi connectivity index (χ1v) is 7.35. The maximum absolute atomic E-state index is 9.91. The number of nitrogens with zero attached hydrogens (tertiary/aromatic N) is 1. The Labute approximate surface area is 110 Å². The van der Waals surface area contributed by atoms with Crippen LogP contribution >= 0.6 is 23.1 Å². The van der Waals surface area contributed by atoms with Gasteiger partial charge in [-0.1, -0.05) is 17.7 Å². The summed E-state index contributed by atoms with van der Waals surface area (Å²) in [5.74, 6) is 0.724.